The Hall–Kier alpha value is -1.14. The summed E-state index contributed by atoms with van der Waals surface area (Å²) in [5, 5.41) is 8.96. The Labute approximate surface area is 120 Å². The van der Waals surface area contributed by atoms with Crippen molar-refractivity contribution in [1.82, 2.24) is 20.9 Å². The average Bonchev–Trinajstić information content (AvgIpc) is 2.89. The lowest BCUT2D eigenvalue weighted by atomic mass is 9.85. The molecule has 3 N–H and O–H groups in total. The maximum Gasteiger partial charge on any atom is 0.234 e. The first-order valence-electron chi connectivity index (χ1n) is 7.38. The van der Waals surface area contributed by atoms with Gasteiger partial charge in [0.15, 0.2) is 0 Å². The van der Waals surface area contributed by atoms with Crippen molar-refractivity contribution in [2.24, 2.45) is 11.8 Å². The highest BCUT2D eigenvalue weighted by atomic mass is 16.2. The molecule has 2 heterocycles. The monoisotopic (exact) mass is 282 g/mol. The Morgan fingerprint density at radius 2 is 1.95 bits per heavy atom. The Bertz CT molecular complexity index is 383. The van der Waals surface area contributed by atoms with E-state index in [1.165, 1.54) is 6.92 Å². The molecule has 0 spiro atoms. The van der Waals surface area contributed by atoms with Crippen LogP contribution in [0.25, 0.3) is 0 Å². The van der Waals surface area contributed by atoms with Crippen LogP contribution in [0.4, 0.5) is 0 Å². The molecule has 114 valence electrons. The molecule has 6 nitrogen and oxygen atoms in total. The second-order valence-electron chi connectivity index (χ2n) is 6.39. The van der Waals surface area contributed by atoms with Gasteiger partial charge in [-0.15, -0.1) is 0 Å². The topological polar surface area (TPSA) is 73.5 Å². The van der Waals surface area contributed by atoms with Gasteiger partial charge in [-0.25, -0.2) is 0 Å². The first kappa shape index (κ1) is 15.3. The molecule has 2 fully saturated rings. The molecule has 20 heavy (non-hydrogen) atoms. The minimum atomic E-state index is -0.0692. The van der Waals surface area contributed by atoms with Gasteiger partial charge in [0, 0.05) is 38.6 Å². The minimum Gasteiger partial charge on any atom is -0.355 e. The number of nitrogens with one attached hydrogen (secondary N) is 3. The first-order valence-corrected chi connectivity index (χ1v) is 7.38. The average molecular weight is 282 g/mol. The van der Waals surface area contributed by atoms with Gasteiger partial charge in [0.05, 0.1) is 6.54 Å². The van der Waals surface area contributed by atoms with Crippen LogP contribution in [0.1, 0.15) is 20.8 Å². The molecule has 2 amide bonds. The van der Waals surface area contributed by atoms with Crippen molar-refractivity contribution in [1.29, 1.82) is 0 Å². The van der Waals surface area contributed by atoms with E-state index in [2.05, 4.69) is 34.7 Å². The molecule has 0 aromatic heterocycles. The Morgan fingerprint density at radius 3 is 2.60 bits per heavy atom. The molecule has 6 heteroatoms. The van der Waals surface area contributed by atoms with E-state index in [4.69, 9.17) is 0 Å². The molecule has 0 radical (unpaired) electrons. The third kappa shape index (κ3) is 3.30. The van der Waals surface area contributed by atoms with E-state index < -0.39 is 0 Å². The summed E-state index contributed by atoms with van der Waals surface area (Å²) in [5.74, 6) is 1.27. The summed E-state index contributed by atoms with van der Waals surface area (Å²) in [7, 11) is 0. The molecule has 2 atom stereocenters. The molecule has 2 unspecified atom stereocenters. The normalized spacial score (nSPS) is 28.1. The quantitative estimate of drug-likeness (QED) is 0.576. The Kier molecular flexibility index (Phi) is 4.65. The van der Waals surface area contributed by atoms with Crippen molar-refractivity contribution in [3.05, 3.63) is 0 Å². The molecular weight excluding hydrogens is 256 g/mol. The summed E-state index contributed by atoms with van der Waals surface area (Å²) in [6.45, 7) is 10.5. The molecule has 2 aliphatic heterocycles. The SMILES string of the molecule is CC(=O)NCCNC(=O)CN1CC2CNCC2C1(C)C. The summed E-state index contributed by atoms with van der Waals surface area (Å²) in [6, 6.07) is 0. The number of nitrogens with zero attached hydrogens (tertiary/aromatic N) is 1. The zero-order chi connectivity index (χ0) is 14.8. The van der Waals surface area contributed by atoms with Gasteiger partial charge in [0.25, 0.3) is 0 Å². The van der Waals surface area contributed by atoms with E-state index in [1.807, 2.05) is 0 Å². The molecular formula is C14H26N4O2. The van der Waals surface area contributed by atoms with Crippen LogP contribution in [-0.2, 0) is 9.59 Å². The molecule has 0 bridgehead atoms. The van der Waals surface area contributed by atoms with E-state index in [-0.39, 0.29) is 17.4 Å². The van der Waals surface area contributed by atoms with Gasteiger partial charge < -0.3 is 16.0 Å². The van der Waals surface area contributed by atoms with E-state index in [9.17, 15) is 9.59 Å². The Morgan fingerprint density at radius 1 is 1.25 bits per heavy atom. The number of hydrogen-bond donors (Lipinski definition) is 3. The van der Waals surface area contributed by atoms with Crippen LogP contribution in [0.15, 0.2) is 0 Å². The predicted molar refractivity (Wildman–Crippen MR) is 77.2 cm³/mol. The van der Waals surface area contributed by atoms with Crippen LogP contribution in [0.5, 0.6) is 0 Å². The van der Waals surface area contributed by atoms with Gasteiger partial charge in [-0.2, -0.15) is 0 Å². The molecule has 2 aliphatic rings. The van der Waals surface area contributed by atoms with Crippen molar-refractivity contribution in [3.63, 3.8) is 0 Å². The minimum absolute atomic E-state index is 0.0383. The number of carbonyl (C=O) groups is 2. The predicted octanol–water partition coefficient (Wildman–Crippen LogP) is -0.831. The van der Waals surface area contributed by atoms with Crippen molar-refractivity contribution in [3.8, 4) is 0 Å². The number of carbonyl (C=O) groups excluding carboxylic acids is 2. The summed E-state index contributed by atoms with van der Waals surface area (Å²) in [4.78, 5) is 25.0. The lowest BCUT2D eigenvalue weighted by Gasteiger charge is -2.35. The van der Waals surface area contributed by atoms with Crippen LogP contribution in [0.3, 0.4) is 0 Å². The van der Waals surface area contributed by atoms with Gasteiger partial charge in [0.1, 0.15) is 0 Å². The van der Waals surface area contributed by atoms with Crippen molar-refractivity contribution < 1.29 is 9.59 Å². The molecule has 2 saturated heterocycles. The number of amides is 2. The number of fused-ring (bicyclic) bond motifs is 1. The zero-order valence-corrected chi connectivity index (χ0v) is 12.7. The third-order valence-electron chi connectivity index (χ3n) is 4.67. The molecule has 0 aromatic rings. The lowest BCUT2D eigenvalue weighted by Crippen LogP contribution is -2.49. The molecule has 0 aliphatic carbocycles. The van der Waals surface area contributed by atoms with Crippen LogP contribution >= 0.6 is 0 Å². The molecule has 2 rings (SSSR count). The lowest BCUT2D eigenvalue weighted by molar-refractivity contribution is -0.123. The number of likely N-dealkylation sites (tertiary alicyclic amines) is 1. The second-order valence-corrected chi connectivity index (χ2v) is 6.39. The standard InChI is InChI=1S/C14H26N4O2/c1-10(19)16-4-5-17-13(20)9-18-8-11-6-15-7-12(11)14(18,2)3/h11-12,15H,4-9H2,1-3H3,(H,16,19)(H,17,20). The summed E-state index contributed by atoms with van der Waals surface area (Å²) < 4.78 is 0. The third-order valence-corrected chi connectivity index (χ3v) is 4.67. The smallest absolute Gasteiger partial charge is 0.234 e. The largest absolute Gasteiger partial charge is 0.355 e. The van der Waals surface area contributed by atoms with E-state index in [1.54, 1.807) is 0 Å². The van der Waals surface area contributed by atoms with Gasteiger partial charge in [-0.1, -0.05) is 0 Å². The van der Waals surface area contributed by atoms with Crippen molar-refractivity contribution in [2.75, 3.05) is 39.3 Å². The maximum absolute atomic E-state index is 12.0. The summed E-state index contributed by atoms with van der Waals surface area (Å²) in [5.41, 5.74) is 0.0726. The summed E-state index contributed by atoms with van der Waals surface area (Å²) in [6.07, 6.45) is 0. The van der Waals surface area contributed by atoms with Crippen LogP contribution < -0.4 is 16.0 Å². The zero-order valence-electron chi connectivity index (χ0n) is 12.7. The Balaban J connectivity index is 1.76. The van der Waals surface area contributed by atoms with Gasteiger partial charge >= 0.3 is 0 Å². The van der Waals surface area contributed by atoms with E-state index >= 15 is 0 Å². The van der Waals surface area contributed by atoms with Gasteiger partial charge in [0.2, 0.25) is 11.8 Å². The van der Waals surface area contributed by atoms with Crippen LogP contribution in [0, 0.1) is 11.8 Å². The number of rotatable bonds is 5. The maximum atomic E-state index is 12.0. The fourth-order valence-electron chi connectivity index (χ4n) is 3.44. The van der Waals surface area contributed by atoms with Gasteiger partial charge in [-0.05, 0) is 32.2 Å². The fourth-order valence-corrected chi connectivity index (χ4v) is 3.44. The highest BCUT2D eigenvalue weighted by molar-refractivity contribution is 5.78. The molecule has 0 aromatic carbocycles. The van der Waals surface area contributed by atoms with E-state index in [0.717, 1.165) is 19.6 Å². The van der Waals surface area contributed by atoms with Crippen molar-refractivity contribution in [2.45, 2.75) is 26.3 Å². The van der Waals surface area contributed by atoms with Crippen LogP contribution in [-0.4, -0.2) is 61.5 Å². The van der Waals surface area contributed by atoms with Gasteiger partial charge in [-0.3, -0.25) is 14.5 Å². The highest BCUT2D eigenvalue weighted by Gasteiger charge is 2.49. The van der Waals surface area contributed by atoms with Crippen LogP contribution in [0.2, 0.25) is 0 Å². The highest BCUT2D eigenvalue weighted by Crippen LogP contribution is 2.40. The van der Waals surface area contributed by atoms with E-state index in [0.29, 0.717) is 31.5 Å². The number of hydrogen-bond acceptors (Lipinski definition) is 4. The molecule has 0 saturated carbocycles. The first-order chi connectivity index (χ1) is 9.41. The second kappa shape index (κ2) is 6.10. The fraction of sp³-hybridized carbons (Fsp3) is 0.857. The summed E-state index contributed by atoms with van der Waals surface area (Å²) >= 11 is 0. The van der Waals surface area contributed by atoms with Crippen molar-refractivity contribution >= 4 is 11.8 Å².